The molecule has 0 spiro atoms. The third-order valence-corrected chi connectivity index (χ3v) is 1.05. The molecule has 9 heavy (non-hydrogen) atoms. The summed E-state index contributed by atoms with van der Waals surface area (Å²) >= 11 is 5.55. The monoisotopic (exact) mass is 145 g/mol. The minimum atomic E-state index is 0.712. The molecule has 0 aliphatic heterocycles. The molecule has 1 nitrogen and oxygen atoms in total. The lowest BCUT2D eigenvalue weighted by Crippen LogP contribution is -1.92. The van der Waals surface area contributed by atoms with E-state index in [0.717, 1.165) is 17.9 Å². The summed E-state index contributed by atoms with van der Waals surface area (Å²) in [5.41, 5.74) is 6.02. The molecule has 0 aromatic carbocycles. The van der Waals surface area contributed by atoms with Crippen molar-refractivity contribution in [3.8, 4) is 0 Å². The molecular weight excluding hydrogens is 134 g/mol. The number of nitrogens with two attached hydrogens (primary N) is 1. The van der Waals surface area contributed by atoms with Crippen molar-refractivity contribution in [1.82, 2.24) is 0 Å². The number of rotatable bonds is 3. The molecule has 0 aromatic heterocycles. The molecule has 0 aliphatic carbocycles. The van der Waals surface area contributed by atoms with Crippen LogP contribution in [0, 0.1) is 0 Å². The minimum Gasteiger partial charge on any atom is -0.403 e. The van der Waals surface area contributed by atoms with Gasteiger partial charge in [0.2, 0.25) is 0 Å². The molecule has 0 radical (unpaired) electrons. The topological polar surface area (TPSA) is 26.0 Å². The van der Waals surface area contributed by atoms with Gasteiger partial charge in [-0.2, -0.15) is 0 Å². The van der Waals surface area contributed by atoms with Crippen LogP contribution in [-0.4, -0.2) is 0 Å². The molecule has 0 unspecified atom stereocenters. The molecule has 52 valence electrons. The maximum Gasteiger partial charge on any atom is 0.0110 e. The Balaban J connectivity index is 3.31. The van der Waals surface area contributed by atoms with Crippen molar-refractivity contribution in [2.75, 3.05) is 0 Å². The summed E-state index contributed by atoms with van der Waals surface area (Å²) in [5, 5.41) is 0.816. The van der Waals surface area contributed by atoms with Crippen LogP contribution < -0.4 is 5.73 Å². The Labute approximate surface area is 61.2 Å². The Morgan fingerprint density at radius 3 is 2.67 bits per heavy atom. The lowest BCUT2D eigenvalue weighted by molar-refractivity contribution is 0.963. The van der Waals surface area contributed by atoms with Gasteiger partial charge in [0.25, 0.3) is 0 Å². The van der Waals surface area contributed by atoms with Crippen LogP contribution >= 0.6 is 11.6 Å². The quantitative estimate of drug-likeness (QED) is 0.649. The van der Waals surface area contributed by atoms with Gasteiger partial charge in [0.15, 0.2) is 0 Å². The van der Waals surface area contributed by atoms with Gasteiger partial charge in [-0.1, -0.05) is 24.3 Å². The second kappa shape index (κ2) is 4.45. The van der Waals surface area contributed by atoms with E-state index in [-0.39, 0.29) is 0 Å². The number of hydrogen-bond donors (Lipinski definition) is 1. The minimum absolute atomic E-state index is 0.712. The normalized spacial score (nSPS) is 11.6. The molecule has 0 amide bonds. The zero-order valence-corrected chi connectivity index (χ0v) is 6.41. The first kappa shape index (κ1) is 8.57. The van der Waals surface area contributed by atoms with Crippen LogP contribution in [0.3, 0.4) is 0 Å². The summed E-state index contributed by atoms with van der Waals surface area (Å²) in [6, 6.07) is 0. The van der Waals surface area contributed by atoms with Gasteiger partial charge in [-0.3, -0.25) is 0 Å². The van der Waals surface area contributed by atoms with Crippen molar-refractivity contribution in [3.63, 3.8) is 0 Å². The van der Waals surface area contributed by atoms with Crippen LogP contribution in [0.4, 0.5) is 0 Å². The lowest BCUT2D eigenvalue weighted by atomic mass is 10.2. The fourth-order valence-corrected chi connectivity index (χ4v) is 0.566. The number of halogens is 1. The predicted octanol–water partition coefficient (Wildman–Crippen LogP) is 2.38. The molecule has 0 aromatic rings. The molecule has 0 rings (SSSR count). The molecule has 0 heterocycles. The summed E-state index contributed by atoms with van der Waals surface area (Å²) in [6.07, 6.45) is 3.65. The van der Waals surface area contributed by atoms with Crippen molar-refractivity contribution in [3.05, 3.63) is 23.4 Å². The maximum absolute atomic E-state index is 5.55. The maximum atomic E-state index is 5.55. The third kappa shape index (κ3) is 7.57. The predicted molar refractivity (Wildman–Crippen MR) is 42.2 cm³/mol. The van der Waals surface area contributed by atoms with E-state index >= 15 is 0 Å². The van der Waals surface area contributed by atoms with Crippen LogP contribution in [0.5, 0.6) is 0 Å². The Bertz CT molecular complexity index is 123. The summed E-state index contributed by atoms with van der Waals surface area (Å²) in [5.74, 6) is 0. The van der Waals surface area contributed by atoms with Gasteiger partial charge < -0.3 is 5.73 Å². The summed E-state index contributed by atoms with van der Waals surface area (Å²) in [4.78, 5) is 0. The fraction of sp³-hybridized carbons (Fsp3) is 0.429. The van der Waals surface area contributed by atoms with Crippen molar-refractivity contribution >= 4 is 11.6 Å². The smallest absolute Gasteiger partial charge is 0.0110 e. The second-order valence-corrected chi connectivity index (χ2v) is 2.58. The number of hydrogen-bond acceptors (Lipinski definition) is 1. The van der Waals surface area contributed by atoms with E-state index in [1.54, 1.807) is 0 Å². The van der Waals surface area contributed by atoms with Crippen molar-refractivity contribution < 1.29 is 0 Å². The van der Waals surface area contributed by atoms with Crippen LogP contribution in [0.1, 0.15) is 19.8 Å². The Morgan fingerprint density at radius 2 is 2.33 bits per heavy atom. The highest BCUT2D eigenvalue weighted by Gasteiger charge is 1.84. The highest BCUT2D eigenvalue weighted by atomic mass is 35.5. The van der Waals surface area contributed by atoms with E-state index in [1.807, 2.05) is 13.0 Å². The average Bonchev–Trinajstić information content (AvgIpc) is 1.63. The first-order chi connectivity index (χ1) is 4.13. The number of allylic oxidation sites excluding steroid dienone is 3. The third-order valence-electron chi connectivity index (χ3n) is 0.891. The fourth-order valence-electron chi connectivity index (χ4n) is 0.456. The summed E-state index contributed by atoms with van der Waals surface area (Å²) in [6.45, 7) is 5.41. The molecule has 2 heteroatoms. The van der Waals surface area contributed by atoms with Crippen LogP contribution in [0.25, 0.3) is 0 Å². The Morgan fingerprint density at radius 1 is 1.78 bits per heavy atom. The van der Waals surface area contributed by atoms with Crippen LogP contribution in [0.2, 0.25) is 0 Å². The largest absolute Gasteiger partial charge is 0.403 e. The van der Waals surface area contributed by atoms with Crippen LogP contribution in [-0.2, 0) is 0 Å². The first-order valence-electron chi connectivity index (χ1n) is 2.88. The highest BCUT2D eigenvalue weighted by Crippen LogP contribution is 2.03. The van der Waals surface area contributed by atoms with Gasteiger partial charge in [-0.15, -0.1) is 0 Å². The van der Waals surface area contributed by atoms with E-state index in [0.29, 0.717) is 5.70 Å². The zero-order chi connectivity index (χ0) is 7.28. The van der Waals surface area contributed by atoms with Gasteiger partial charge in [-0.05, 0) is 19.8 Å². The van der Waals surface area contributed by atoms with E-state index < -0.39 is 0 Å². The lowest BCUT2D eigenvalue weighted by Gasteiger charge is -1.92. The zero-order valence-electron chi connectivity index (χ0n) is 5.65. The average molecular weight is 146 g/mol. The Kier molecular flexibility index (Phi) is 4.24. The molecule has 0 bridgehead atoms. The van der Waals surface area contributed by atoms with E-state index in [1.165, 1.54) is 0 Å². The molecule has 0 atom stereocenters. The summed E-state index contributed by atoms with van der Waals surface area (Å²) in [7, 11) is 0. The van der Waals surface area contributed by atoms with Gasteiger partial charge in [0, 0.05) is 10.7 Å². The van der Waals surface area contributed by atoms with E-state index in [9.17, 15) is 0 Å². The molecule has 0 fully saturated rings. The van der Waals surface area contributed by atoms with Crippen molar-refractivity contribution in [2.45, 2.75) is 19.8 Å². The molecule has 0 saturated carbocycles. The van der Waals surface area contributed by atoms with Crippen molar-refractivity contribution in [2.24, 2.45) is 5.73 Å². The Hall–Kier alpha value is -0.430. The molecular formula is C7H12ClN. The van der Waals surface area contributed by atoms with Gasteiger partial charge in [0.1, 0.15) is 0 Å². The van der Waals surface area contributed by atoms with Crippen molar-refractivity contribution in [1.29, 1.82) is 0 Å². The van der Waals surface area contributed by atoms with Crippen LogP contribution in [0.15, 0.2) is 23.4 Å². The highest BCUT2D eigenvalue weighted by molar-refractivity contribution is 6.29. The molecule has 0 aliphatic rings. The second-order valence-electron chi connectivity index (χ2n) is 1.99. The molecule has 0 saturated heterocycles. The molecule has 2 N–H and O–H groups in total. The van der Waals surface area contributed by atoms with E-state index in [2.05, 4.69) is 6.58 Å². The first-order valence-corrected chi connectivity index (χ1v) is 3.26. The van der Waals surface area contributed by atoms with E-state index in [4.69, 9.17) is 17.3 Å². The van der Waals surface area contributed by atoms with Gasteiger partial charge >= 0.3 is 0 Å². The standard InChI is InChI=1S/C7H12ClN/c1-6(8)4-3-5-7(2)9/h4H,2-3,5,9H2,1H3/b6-4+. The SMILES string of the molecule is C=C(N)CC/C=C(\C)Cl. The summed E-state index contributed by atoms with van der Waals surface area (Å²) < 4.78 is 0. The van der Waals surface area contributed by atoms with Gasteiger partial charge in [-0.25, -0.2) is 0 Å². The van der Waals surface area contributed by atoms with Gasteiger partial charge in [0.05, 0.1) is 0 Å².